The van der Waals surface area contributed by atoms with Gasteiger partial charge in [0.15, 0.2) is 5.82 Å². The molecule has 0 saturated carbocycles. The lowest BCUT2D eigenvalue weighted by molar-refractivity contribution is 0.101. The molecule has 8 nitrogen and oxygen atoms in total. The topological polar surface area (TPSA) is 94.8 Å². The molecule has 3 aromatic rings. The van der Waals surface area contributed by atoms with Crippen molar-refractivity contribution < 1.29 is 9.53 Å². The van der Waals surface area contributed by atoms with Gasteiger partial charge in [0.2, 0.25) is 0 Å². The zero-order valence-corrected chi connectivity index (χ0v) is 15.9. The number of hydrogen-bond donors (Lipinski definition) is 1. The van der Waals surface area contributed by atoms with Crippen molar-refractivity contribution in [3.8, 4) is 11.4 Å². The molecule has 0 radical (unpaired) electrons. The molecule has 1 aliphatic heterocycles. The third kappa shape index (κ3) is 3.60. The molecule has 3 heterocycles. The number of ether oxygens (including phenoxy) is 1. The molecule has 1 saturated heterocycles. The van der Waals surface area contributed by atoms with Crippen LogP contribution in [0.5, 0.6) is 0 Å². The third-order valence-electron chi connectivity index (χ3n) is 4.36. The molecule has 1 fully saturated rings. The number of anilines is 1. The number of nitrogens with one attached hydrogen (secondary N) is 1. The fraction of sp³-hybridized carbons (Fsp3) is 0.389. The number of tetrazole rings is 1. The van der Waals surface area contributed by atoms with Crippen molar-refractivity contribution in [1.29, 1.82) is 0 Å². The van der Waals surface area contributed by atoms with Gasteiger partial charge < -0.3 is 10.1 Å². The maximum absolute atomic E-state index is 12.7. The molecule has 140 valence electrons. The zero-order chi connectivity index (χ0) is 18.8. The summed E-state index contributed by atoms with van der Waals surface area (Å²) in [6.45, 7) is 4.76. The summed E-state index contributed by atoms with van der Waals surface area (Å²) < 4.78 is 7.37. The molecule has 9 heteroatoms. The first kappa shape index (κ1) is 17.7. The van der Waals surface area contributed by atoms with Crippen molar-refractivity contribution in [3.05, 3.63) is 40.3 Å². The second-order valence-electron chi connectivity index (χ2n) is 6.61. The molecule has 0 bridgehead atoms. The lowest BCUT2D eigenvalue weighted by atomic mass is 10.1. The van der Waals surface area contributed by atoms with E-state index in [9.17, 15) is 4.79 Å². The van der Waals surface area contributed by atoms with Crippen LogP contribution in [0.3, 0.4) is 0 Å². The van der Waals surface area contributed by atoms with Crippen LogP contribution in [0, 0.1) is 0 Å². The number of para-hydroxylation sites is 1. The first-order chi connectivity index (χ1) is 13.1. The summed E-state index contributed by atoms with van der Waals surface area (Å²) in [7, 11) is 0. The summed E-state index contributed by atoms with van der Waals surface area (Å²) in [5.41, 5.74) is 1.80. The highest BCUT2D eigenvalue weighted by Gasteiger charge is 2.23. The van der Waals surface area contributed by atoms with E-state index in [0.29, 0.717) is 17.2 Å². The average molecular weight is 384 g/mol. The van der Waals surface area contributed by atoms with Gasteiger partial charge in [-0.2, -0.15) is 0 Å². The maximum Gasteiger partial charge on any atom is 0.275 e. The highest BCUT2D eigenvalue weighted by molar-refractivity contribution is 7.09. The molecular formula is C18H20N6O2S. The second kappa shape index (κ2) is 7.53. The van der Waals surface area contributed by atoms with Crippen LogP contribution in [0.15, 0.2) is 29.6 Å². The third-order valence-corrected chi connectivity index (χ3v) is 5.29. The lowest BCUT2D eigenvalue weighted by Gasteiger charge is -2.12. The van der Waals surface area contributed by atoms with Crippen molar-refractivity contribution in [2.45, 2.75) is 38.8 Å². The monoisotopic (exact) mass is 384 g/mol. The molecule has 2 aromatic heterocycles. The fourth-order valence-corrected chi connectivity index (χ4v) is 3.89. The summed E-state index contributed by atoms with van der Waals surface area (Å²) >= 11 is 1.46. The van der Waals surface area contributed by atoms with Crippen LogP contribution in [0.2, 0.25) is 0 Å². The number of carbonyl (C=O) groups excluding carboxylic acids is 1. The van der Waals surface area contributed by atoms with Gasteiger partial charge in [0.25, 0.3) is 5.91 Å². The van der Waals surface area contributed by atoms with Gasteiger partial charge in [0, 0.05) is 17.6 Å². The molecular weight excluding hydrogens is 364 g/mol. The van der Waals surface area contributed by atoms with Crippen molar-refractivity contribution in [1.82, 2.24) is 25.2 Å². The fourth-order valence-electron chi connectivity index (χ4n) is 3.00. The first-order valence-corrected chi connectivity index (χ1v) is 9.77. The van der Waals surface area contributed by atoms with Crippen LogP contribution in [-0.4, -0.2) is 37.7 Å². The van der Waals surface area contributed by atoms with Crippen LogP contribution in [-0.2, 0) is 4.74 Å². The number of amides is 1. The van der Waals surface area contributed by atoms with Gasteiger partial charge in [-0.1, -0.05) is 12.1 Å². The first-order valence-electron chi connectivity index (χ1n) is 8.89. The minimum atomic E-state index is -0.258. The average Bonchev–Trinajstić information content (AvgIpc) is 3.41. The van der Waals surface area contributed by atoms with Crippen LogP contribution in [0.1, 0.15) is 54.3 Å². The Kier molecular flexibility index (Phi) is 4.95. The number of benzene rings is 1. The zero-order valence-electron chi connectivity index (χ0n) is 15.1. The SMILES string of the molecule is CC(C)n1nnnc1-c1ccccc1NC(=O)c1csc(C2CCCO2)n1. The number of hydrogen-bond acceptors (Lipinski definition) is 7. The molecule has 1 amide bonds. The summed E-state index contributed by atoms with van der Waals surface area (Å²) in [4.78, 5) is 17.2. The van der Waals surface area contributed by atoms with Gasteiger partial charge in [0.1, 0.15) is 16.8 Å². The minimum Gasteiger partial charge on any atom is -0.371 e. The van der Waals surface area contributed by atoms with Gasteiger partial charge in [-0.25, -0.2) is 9.67 Å². The van der Waals surface area contributed by atoms with Crippen LogP contribution in [0.25, 0.3) is 11.4 Å². The smallest absolute Gasteiger partial charge is 0.275 e. The highest BCUT2D eigenvalue weighted by atomic mass is 32.1. The molecule has 27 heavy (non-hydrogen) atoms. The molecule has 1 aromatic carbocycles. The van der Waals surface area contributed by atoms with E-state index in [1.807, 2.05) is 38.1 Å². The Hall–Kier alpha value is -2.65. The van der Waals surface area contributed by atoms with Crippen LogP contribution >= 0.6 is 11.3 Å². The van der Waals surface area contributed by atoms with E-state index >= 15 is 0 Å². The number of carbonyl (C=O) groups is 1. The van der Waals surface area contributed by atoms with Gasteiger partial charge in [-0.05, 0) is 49.2 Å². The quantitative estimate of drug-likeness (QED) is 0.724. The standard InChI is InChI=1S/C18H20N6O2S/c1-11(2)24-16(21-22-23-24)12-6-3-4-7-13(12)19-17(25)14-10-27-18(20-14)15-8-5-9-26-15/h3-4,6-7,10-11,15H,5,8-9H2,1-2H3,(H,19,25). The Morgan fingerprint density at radius 3 is 3.00 bits per heavy atom. The molecule has 0 aliphatic carbocycles. The van der Waals surface area contributed by atoms with E-state index in [1.165, 1.54) is 11.3 Å². The Morgan fingerprint density at radius 2 is 2.22 bits per heavy atom. The van der Waals surface area contributed by atoms with E-state index in [2.05, 4.69) is 25.8 Å². The van der Waals surface area contributed by atoms with Crippen LogP contribution < -0.4 is 5.32 Å². The van der Waals surface area contributed by atoms with Gasteiger partial charge >= 0.3 is 0 Å². The minimum absolute atomic E-state index is 0.0134. The highest BCUT2D eigenvalue weighted by Crippen LogP contribution is 2.31. The Labute approximate surface area is 160 Å². The summed E-state index contributed by atoms with van der Waals surface area (Å²) in [5, 5.41) is 17.5. The van der Waals surface area contributed by atoms with Crippen molar-refractivity contribution in [2.24, 2.45) is 0 Å². The molecule has 1 unspecified atom stereocenters. The van der Waals surface area contributed by atoms with E-state index in [-0.39, 0.29) is 18.1 Å². The van der Waals surface area contributed by atoms with Gasteiger partial charge in [-0.15, -0.1) is 16.4 Å². The lowest BCUT2D eigenvalue weighted by Crippen LogP contribution is -2.14. The molecule has 1 N–H and O–H groups in total. The molecule has 0 spiro atoms. The van der Waals surface area contributed by atoms with Crippen molar-refractivity contribution in [2.75, 3.05) is 11.9 Å². The number of nitrogens with zero attached hydrogens (tertiary/aromatic N) is 5. The van der Waals surface area contributed by atoms with Crippen molar-refractivity contribution in [3.63, 3.8) is 0 Å². The Morgan fingerprint density at radius 1 is 1.37 bits per heavy atom. The predicted molar refractivity (Wildman–Crippen MR) is 102 cm³/mol. The molecule has 1 aliphatic rings. The molecule has 4 rings (SSSR count). The number of aromatic nitrogens is 5. The summed E-state index contributed by atoms with van der Waals surface area (Å²) in [6, 6.07) is 7.58. The largest absolute Gasteiger partial charge is 0.371 e. The number of rotatable bonds is 5. The van der Waals surface area contributed by atoms with Gasteiger partial charge in [0.05, 0.1) is 11.7 Å². The summed E-state index contributed by atoms with van der Waals surface area (Å²) in [5.74, 6) is 0.353. The normalized spacial score (nSPS) is 16.8. The van der Waals surface area contributed by atoms with Gasteiger partial charge in [-0.3, -0.25) is 4.79 Å². The Balaban J connectivity index is 1.58. The number of thiazole rings is 1. The predicted octanol–water partition coefficient (Wildman–Crippen LogP) is 3.48. The van der Waals surface area contributed by atoms with E-state index < -0.39 is 0 Å². The van der Waals surface area contributed by atoms with E-state index in [0.717, 1.165) is 30.0 Å². The van der Waals surface area contributed by atoms with E-state index in [1.54, 1.807) is 10.1 Å². The maximum atomic E-state index is 12.7. The Bertz CT molecular complexity index is 945. The summed E-state index contributed by atoms with van der Waals surface area (Å²) in [6.07, 6.45) is 2.00. The van der Waals surface area contributed by atoms with Crippen molar-refractivity contribution >= 4 is 22.9 Å². The van der Waals surface area contributed by atoms with E-state index in [4.69, 9.17) is 4.74 Å². The molecule has 1 atom stereocenters. The second-order valence-corrected chi connectivity index (χ2v) is 7.50. The van der Waals surface area contributed by atoms with Crippen LogP contribution in [0.4, 0.5) is 5.69 Å².